The number of aliphatic hydroxyl groups excluding tert-OH is 1. The molecule has 0 saturated carbocycles. The third-order valence-corrected chi connectivity index (χ3v) is 3.45. The smallest absolute Gasteiger partial charge is 0.237 e. The van der Waals surface area contributed by atoms with E-state index in [-0.39, 0.29) is 12.3 Å². The highest BCUT2D eigenvalue weighted by Gasteiger charge is 2.19. The molecule has 3 N–H and O–H groups in total. The lowest BCUT2D eigenvalue weighted by Crippen LogP contribution is -2.46. The monoisotopic (exact) mass is 252 g/mol. The highest BCUT2D eigenvalue weighted by atomic mass is 32.2. The number of sulfonamides is 1. The Morgan fingerprint density at radius 3 is 2.38 bits per heavy atom. The molecule has 0 aliphatic heterocycles. The van der Waals surface area contributed by atoms with Crippen LogP contribution in [0.2, 0.25) is 0 Å². The lowest BCUT2D eigenvalue weighted by atomic mass is 10.3. The van der Waals surface area contributed by atoms with Crippen molar-refractivity contribution < 1.29 is 18.3 Å². The minimum atomic E-state index is -3.39. The number of aliphatic hydroxyl groups is 1. The minimum Gasteiger partial charge on any atom is -0.392 e. The zero-order valence-electron chi connectivity index (χ0n) is 9.86. The Balaban J connectivity index is 4.15. The van der Waals surface area contributed by atoms with Crippen LogP contribution in [0.5, 0.6) is 0 Å². The second-order valence-corrected chi connectivity index (χ2v) is 5.63. The summed E-state index contributed by atoms with van der Waals surface area (Å²) in [6.45, 7) is 4.85. The summed E-state index contributed by atoms with van der Waals surface area (Å²) in [4.78, 5) is 11.4. The van der Waals surface area contributed by atoms with Crippen LogP contribution in [0, 0.1) is 0 Å². The van der Waals surface area contributed by atoms with E-state index < -0.39 is 28.1 Å². The Bertz CT molecular complexity index is 313. The highest BCUT2D eigenvalue weighted by Crippen LogP contribution is 1.92. The van der Waals surface area contributed by atoms with Gasteiger partial charge in [0.05, 0.1) is 17.9 Å². The second kappa shape index (κ2) is 6.82. The fraction of sp³-hybridized carbons (Fsp3) is 0.889. The Kier molecular flexibility index (Phi) is 6.54. The quantitative estimate of drug-likeness (QED) is 0.553. The Morgan fingerprint density at radius 2 is 1.94 bits per heavy atom. The molecule has 6 nitrogen and oxygen atoms in total. The van der Waals surface area contributed by atoms with Crippen molar-refractivity contribution in [1.29, 1.82) is 0 Å². The number of hydrogen-bond donors (Lipinski definition) is 3. The van der Waals surface area contributed by atoms with Crippen LogP contribution in [0.25, 0.3) is 0 Å². The first kappa shape index (κ1) is 15.3. The lowest BCUT2D eigenvalue weighted by Gasteiger charge is -2.14. The average Bonchev–Trinajstić information content (AvgIpc) is 2.12. The molecule has 0 spiro atoms. The number of nitrogens with one attached hydrogen (secondary N) is 2. The number of hydrogen-bond acceptors (Lipinski definition) is 4. The van der Waals surface area contributed by atoms with Crippen molar-refractivity contribution in [2.45, 2.75) is 39.3 Å². The fourth-order valence-electron chi connectivity index (χ4n) is 1.05. The molecule has 0 aromatic heterocycles. The van der Waals surface area contributed by atoms with E-state index in [9.17, 15) is 13.2 Å². The molecular weight excluding hydrogens is 232 g/mol. The third kappa shape index (κ3) is 6.76. The van der Waals surface area contributed by atoms with Crippen molar-refractivity contribution in [2.24, 2.45) is 0 Å². The SMILES string of the molecule is CCCS(=O)(=O)NC(C)C(=O)NCC(C)O. The van der Waals surface area contributed by atoms with E-state index in [1.165, 1.54) is 13.8 Å². The third-order valence-electron chi connectivity index (χ3n) is 1.79. The summed E-state index contributed by atoms with van der Waals surface area (Å²) in [6, 6.07) is -0.824. The van der Waals surface area contributed by atoms with E-state index >= 15 is 0 Å². The van der Waals surface area contributed by atoms with E-state index in [0.717, 1.165) is 0 Å². The molecule has 0 aromatic carbocycles. The van der Waals surface area contributed by atoms with Gasteiger partial charge in [-0.1, -0.05) is 6.92 Å². The molecule has 0 rings (SSSR count). The minimum absolute atomic E-state index is 0.00101. The summed E-state index contributed by atoms with van der Waals surface area (Å²) >= 11 is 0. The van der Waals surface area contributed by atoms with Gasteiger partial charge < -0.3 is 10.4 Å². The molecule has 0 aromatic rings. The van der Waals surface area contributed by atoms with Gasteiger partial charge in [-0.3, -0.25) is 4.79 Å². The van der Waals surface area contributed by atoms with Crippen molar-refractivity contribution in [2.75, 3.05) is 12.3 Å². The summed E-state index contributed by atoms with van der Waals surface area (Å²) < 4.78 is 24.9. The maximum atomic E-state index is 11.4. The van der Waals surface area contributed by atoms with Crippen molar-refractivity contribution >= 4 is 15.9 Å². The number of carbonyl (C=O) groups excluding carboxylic acids is 1. The lowest BCUT2D eigenvalue weighted by molar-refractivity contribution is -0.122. The molecule has 0 fully saturated rings. The molecule has 0 bridgehead atoms. The van der Waals surface area contributed by atoms with Gasteiger partial charge in [-0.25, -0.2) is 13.1 Å². The highest BCUT2D eigenvalue weighted by molar-refractivity contribution is 7.89. The zero-order chi connectivity index (χ0) is 12.8. The first-order valence-corrected chi connectivity index (χ1v) is 6.89. The summed E-state index contributed by atoms with van der Waals surface area (Å²) in [6.07, 6.45) is -0.152. The molecule has 7 heteroatoms. The molecule has 16 heavy (non-hydrogen) atoms. The Morgan fingerprint density at radius 1 is 1.38 bits per heavy atom. The van der Waals surface area contributed by atoms with E-state index in [1.807, 2.05) is 0 Å². The van der Waals surface area contributed by atoms with Crippen LogP contribution in [0.15, 0.2) is 0 Å². The Labute approximate surface area is 96.5 Å². The van der Waals surface area contributed by atoms with Crippen LogP contribution in [-0.4, -0.2) is 43.9 Å². The van der Waals surface area contributed by atoms with Gasteiger partial charge >= 0.3 is 0 Å². The van der Waals surface area contributed by atoms with Crippen molar-refractivity contribution in [3.05, 3.63) is 0 Å². The van der Waals surface area contributed by atoms with Crippen LogP contribution in [-0.2, 0) is 14.8 Å². The van der Waals surface area contributed by atoms with Crippen LogP contribution >= 0.6 is 0 Å². The maximum Gasteiger partial charge on any atom is 0.237 e. The predicted molar refractivity (Wildman–Crippen MR) is 61.4 cm³/mol. The number of rotatable bonds is 7. The molecule has 0 aliphatic rings. The topological polar surface area (TPSA) is 95.5 Å². The normalized spacial score (nSPS) is 15.5. The van der Waals surface area contributed by atoms with E-state index in [0.29, 0.717) is 6.42 Å². The number of carbonyl (C=O) groups is 1. The summed E-state index contributed by atoms with van der Waals surface area (Å²) in [5, 5.41) is 11.4. The molecule has 0 saturated heterocycles. The predicted octanol–water partition coefficient (Wildman–Crippen LogP) is -0.799. The van der Waals surface area contributed by atoms with E-state index in [2.05, 4.69) is 10.0 Å². The summed E-state index contributed by atoms with van der Waals surface area (Å²) in [7, 11) is -3.39. The molecular formula is C9H20N2O4S. The van der Waals surface area contributed by atoms with E-state index in [1.54, 1.807) is 6.92 Å². The van der Waals surface area contributed by atoms with Gasteiger partial charge in [0.25, 0.3) is 0 Å². The van der Waals surface area contributed by atoms with Crippen molar-refractivity contribution in [3.8, 4) is 0 Å². The molecule has 0 aliphatic carbocycles. The van der Waals surface area contributed by atoms with Gasteiger partial charge in [-0.05, 0) is 20.3 Å². The van der Waals surface area contributed by atoms with Crippen LogP contribution in [0.1, 0.15) is 27.2 Å². The maximum absolute atomic E-state index is 11.4. The van der Waals surface area contributed by atoms with Crippen LogP contribution < -0.4 is 10.0 Å². The molecule has 1 amide bonds. The van der Waals surface area contributed by atoms with E-state index in [4.69, 9.17) is 5.11 Å². The summed E-state index contributed by atoms with van der Waals surface area (Å²) in [5.74, 6) is -0.443. The molecule has 0 heterocycles. The van der Waals surface area contributed by atoms with Gasteiger partial charge in [-0.15, -0.1) is 0 Å². The molecule has 2 unspecified atom stereocenters. The molecule has 0 radical (unpaired) electrons. The number of amides is 1. The van der Waals surface area contributed by atoms with Gasteiger partial charge in [-0.2, -0.15) is 0 Å². The Hall–Kier alpha value is -0.660. The average molecular weight is 252 g/mol. The fourth-order valence-corrected chi connectivity index (χ4v) is 2.35. The van der Waals surface area contributed by atoms with Crippen molar-refractivity contribution in [3.63, 3.8) is 0 Å². The van der Waals surface area contributed by atoms with Crippen LogP contribution in [0.3, 0.4) is 0 Å². The van der Waals surface area contributed by atoms with Gasteiger partial charge in [0.1, 0.15) is 0 Å². The van der Waals surface area contributed by atoms with Gasteiger partial charge in [0, 0.05) is 6.54 Å². The van der Waals surface area contributed by atoms with Gasteiger partial charge in [0.15, 0.2) is 0 Å². The first-order chi connectivity index (χ1) is 7.28. The van der Waals surface area contributed by atoms with Gasteiger partial charge in [0.2, 0.25) is 15.9 Å². The molecule has 2 atom stereocenters. The molecule has 96 valence electrons. The second-order valence-electron chi connectivity index (χ2n) is 3.75. The van der Waals surface area contributed by atoms with Crippen molar-refractivity contribution in [1.82, 2.24) is 10.0 Å². The first-order valence-electron chi connectivity index (χ1n) is 5.24. The standard InChI is InChI=1S/C9H20N2O4S/c1-4-5-16(14,15)11-8(3)9(13)10-6-7(2)12/h7-8,11-12H,4-6H2,1-3H3,(H,10,13). The largest absolute Gasteiger partial charge is 0.392 e. The zero-order valence-corrected chi connectivity index (χ0v) is 10.7. The summed E-state index contributed by atoms with van der Waals surface area (Å²) in [5.41, 5.74) is 0. The van der Waals surface area contributed by atoms with Crippen LogP contribution in [0.4, 0.5) is 0 Å².